The zero-order valence-corrected chi connectivity index (χ0v) is 15.3. The summed E-state index contributed by atoms with van der Waals surface area (Å²) in [5, 5.41) is 2.96. The number of carbonyl (C=O) groups excluding carboxylic acids is 1. The van der Waals surface area contributed by atoms with Crippen LogP contribution in [0, 0.1) is 6.92 Å². The van der Waals surface area contributed by atoms with Gasteiger partial charge in [-0.3, -0.25) is 4.79 Å². The standard InChI is InChI=1S/C21H27NO3/c1-4-12-24-15-19-13-18(10-11-20(19)25-5-2)21(23)22-14-17-8-6-16(3)7-9-17/h6-11,13H,4-5,12,14-15H2,1-3H3,(H,22,23). The molecule has 0 saturated carbocycles. The Bertz CT molecular complexity index is 680. The number of nitrogens with one attached hydrogen (secondary N) is 1. The van der Waals surface area contributed by atoms with Crippen LogP contribution in [0.1, 0.15) is 47.3 Å². The van der Waals surface area contributed by atoms with Crippen LogP contribution in [-0.2, 0) is 17.9 Å². The van der Waals surface area contributed by atoms with Crippen LogP contribution < -0.4 is 10.1 Å². The van der Waals surface area contributed by atoms with E-state index in [0.29, 0.717) is 31.9 Å². The van der Waals surface area contributed by atoms with Gasteiger partial charge in [0.25, 0.3) is 5.91 Å². The fraction of sp³-hybridized carbons (Fsp3) is 0.381. The van der Waals surface area contributed by atoms with E-state index in [2.05, 4.69) is 12.2 Å². The lowest BCUT2D eigenvalue weighted by Crippen LogP contribution is -2.23. The average molecular weight is 341 g/mol. The number of benzene rings is 2. The molecule has 0 aliphatic heterocycles. The van der Waals surface area contributed by atoms with Crippen molar-refractivity contribution in [3.8, 4) is 5.75 Å². The van der Waals surface area contributed by atoms with Crippen LogP contribution in [0.2, 0.25) is 0 Å². The van der Waals surface area contributed by atoms with Gasteiger partial charge in [-0.25, -0.2) is 0 Å². The molecule has 1 N–H and O–H groups in total. The van der Waals surface area contributed by atoms with Crippen LogP contribution in [0.5, 0.6) is 5.75 Å². The van der Waals surface area contributed by atoms with E-state index in [1.807, 2.05) is 50.2 Å². The van der Waals surface area contributed by atoms with Gasteiger partial charge in [-0.2, -0.15) is 0 Å². The highest BCUT2D eigenvalue weighted by Gasteiger charge is 2.11. The van der Waals surface area contributed by atoms with E-state index < -0.39 is 0 Å². The van der Waals surface area contributed by atoms with Gasteiger partial charge in [-0.15, -0.1) is 0 Å². The van der Waals surface area contributed by atoms with Crippen LogP contribution in [0.3, 0.4) is 0 Å². The molecule has 2 rings (SSSR count). The maximum Gasteiger partial charge on any atom is 0.251 e. The second-order valence-corrected chi connectivity index (χ2v) is 5.98. The molecule has 0 saturated heterocycles. The molecule has 0 unspecified atom stereocenters. The molecule has 0 spiro atoms. The van der Waals surface area contributed by atoms with Crippen molar-refractivity contribution in [2.24, 2.45) is 0 Å². The van der Waals surface area contributed by atoms with E-state index in [-0.39, 0.29) is 5.91 Å². The molecule has 2 aromatic rings. The smallest absolute Gasteiger partial charge is 0.251 e. The normalized spacial score (nSPS) is 10.5. The Morgan fingerprint density at radius 1 is 1.08 bits per heavy atom. The first-order chi connectivity index (χ1) is 12.1. The first-order valence-electron chi connectivity index (χ1n) is 8.81. The molecule has 0 heterocycles. The van der Waals surface area contributed by atoms with Gasteiger partial charge in [-0.05, 0) is 44.0 Å². The Labute approximate surface area is 150 Å². The summed E-state index contributed by atoms with van der Waals surface area (Å²) in [4.78, 5) is 12.4. The highest BCUT2D eigenvalue weighted by molar-refractivity contribution is 5.94. The minimum absolute atomic E-state index is 0.0969. The van der Waals surface area contributed by atoms with E-state index in [1.54, 1.807) is 6.07 Å². The second-order valence-electron chi connectivity index (χ2n) is 5.98. The first kappa shape index (κ1) is 19.0. The fourth-order valence-corrected chi connectivity index (χ4v) is 2.45. The third-order valence-electron chi connectivity index (χ3n) is 3.80. The summed E-state index contributed by atoms with van der Waals surface area (Å²) in [5.74, 6) is 0.675. The van der Waals surface area contributed by atoms with Crippen molar-refractivity contribution in [2.75, 3.05) is 13.2 Å². The summed E-state index contributed by atoms with van der Waals surface area (Å²) in [6, 6.07) is 13.6. The molecule has 0 aliphatic carbocycles. The van der Waals surface area contributed by atoms with Gasteiger partial charge in [0.1, 0.15) is 5.75 Å². The number of carbonyl (C=O) groups is 1. The summed E-state index contributed by atoms with van der Waals surface area (Å²) >= 11 is 0. The van der Waals surface area contributed by atoms with Crippen molar-refractivity contribution in [3.05, 3.63) is 64.7 Å². The molecule has 0 atom stereocenters. The maximum atomic E-state index is 12.4. The molecular formula is C21H27NO3. The van der Waals surface area contributed by atoms with Crippen molar-refractivity contribution in [1.82, 2.24) is 5.32 Å². The SMILES string of the molecule is CCCOCc1cc(C(=O)NCc2ccc(C)cc2)ccc1OCC. The van der Waals surface area contributed by atoms with E-state index in [4.69, 9.17) is 9.47 Å². The van der Waals surface area contributed by atoms with Crippen LogP contribution >= 0.6 is 0 Å². The highest BCUT2D eigenvalue weighted by Crippen LogP contribution is 2.21. The van der Waals surface area contributed by atoms with Crippen LogP contribution in [0.4, 0.5) is 0 Å². The third kappa shape index (κ3) is 5.91. The Balaban J connectivity index is 2.04. The molecular weight excluding hydrogens is 314 g/mol. The van der Waals surface area contributed by atoms with Crippen molar-refractivity contribution in [2.45, 2.75) is 40.3 Å². The van der Waals surface area contributed by atoms with Gasteiger partial charge in [0.15, 0.2) is 0 Å². The quantitative estimate of drug-likeness (QED) is 0.694. The van der Waals surface area contributed by atoms with Gasteiger partial charge in [0.2, 0.25) is 0 Å². The van der Waals surface area contributed by atoms with E-state index in [0.717, 1.165) is 23.3 Å². The zero-order chi connectivity index (χ0) is 18.1. The van der Waals surface area contributed by atoms with Crippen molar-refractivity contribution in [1.29, 1.82) is 0 Å². The number of hydrogen-bond acceptors (Lipinski definition) is 3. The summed E-state index contributed by atoms with van der Waals surface area (Å²) in [5.41, 5.74) is 3.80. The predicted octanol–water partition coefficient (Wildman–Crippen LogP) is 4.25. The monoisotopic (exact) mass is 341 g/mol. The summed E-state index contributed by atoms with van der Waals surface area (Å²) in [7, 11) is 0. The van der Waals surface area contributed by atoms with Gasteiger partial charge in [-0.1, -0.05) is 36.8 Å². The number of amides is 1. The topological polar surface area (TPSA) is 47.6 Å². The fourth-order valence-electron chi connectivity index (χ4n) is 2.45. The van der Waals surface area contributed by atoms with Crippen molar-refractivity contribution >= 4 is 5.91 Å². The molecule has 4 nitrogen and oxygen atoms in total. The van der Waals surface area contributed by atoms with Crippen molar-refractivity contribution < 1.29 is 14.3 Å². The zero-order valence-electron chi connectivity index (χ0n) is 15.3. The lowest BCUT2D eigenvalue weighted by molar-refractivity contribution is 0.0950. The lowest BCUT2D eigenvalue weighted by atomic mass is 10.1. The van der Waals surface area contributed by atoms with Crippen LogP contribution in [0.15, 0.2) is 42.5 Å². The van der Waals surface area contributed by atoms with Gasteiger partial charge in [0.05, 0.1) is 13.2 Å². The summed E-state index contributed by atoms with van der Waals surface area (Å²) in [6.45, 7) is 8.28. The van der Waals surface area contributed by atoms with Crippen molar-refractivity contribution in [3.63, 3.8) is 0 Å². The Morgan fingerprint density at radius 2 is 1.84 bits per heavy atom. The molecule has 0 aromatic heterocycles. The van der Waals surface area contributed by atoms with Crippen LogP contribution in [-0.4, -0.2) is 19.1 Å². The molecule has 0 bridgehead atoms. The maximum absolute atomic E-state index is 12.4. The first-order valence-corrected chi connectivity index (χ1v) is 8.81. The molecule has 4 heteroatoms. The lowest BCUT2D eigenvalue weighted by Gasteiger charge is -2.13. The minimum Gasteiger partial charge on any atom is -0.494 e. The number of rotatable bonds is 9. The van der Waals surface area contributed by atoms with Gasteiger partial charge in [0, 0.05) is 24.3 Å². The summed E-state index contributed by atoms with van der Waals surface area (Å²) in [6.07, 6.45) is 0.959. The van der Waals surface area contributed by atoms with E-state index in [1.165, 1.54) is 5.56 Å². The van der Waals surface area contributed by atoms with Gasteiger partial charge < -0.3 is 14.8 Å². The molecule has 134 valence electrons. The van der Waals surface area contributed by atoms with Crippen LogP contribution in [0.25, 0.3) is 0 Å². The number of aryl methyl sites for hydroxylation is 1. The van der Waals surface area contributed by atoms with Gasteiger partial charge >= 0.3 is 0 Å². The molecule has 2 aromatic carbocycles. The average Bonchev–Trinajstić information content (AvgIpc) is 2.62. The largest absolute Gasteiger partial charge is 0.494 e. The molecule has 0 fully saturated rings. The Kier molecular flexibility index (Phi) is 7.48. The molecule has 0 aliphatic rings. The number of ether oxygens (including phenoxy) is 2. The predicted molar refractivity (Wildman–Crippen MR) is 99.9 cm³/mol. The Hall–Kier alpha value is -2.33. The number of hydrogen-bond donors (Lipinski definition) is 1. The Morgan fingerprint density at radius 3 is 2.52 bits per heavy atom. The highest BCUT2D eigenvalue weighted by atomic mass is 16.5. The minimum atomic E-state index is -0.0969. The van der Waals surface area contributed by atoms with E-state index in [9.17, 15) is 4.79 Å². The van der Waals surface area contributed by atoms with E-state index >= 15 is 0 Å². The third-order valence-corrected chi connectivity index (χ3v) is 3.80. The summed E-state index contributed by atoms with van der Waals surface area (Å²) < 4.78 is 11.3. The molecule has 1 amide bonds. The second kappa shape index (κ2) is 9.84. The molecule has 0 radical (unpaired) electrons. The molecule has 25 heavy (non-hydrogen) atoms.